The van der Waals surface area contributed by atoms with E-state index < -0.39 is 16.9 Å². The summed E-state index contributed by atoms with van der Waals surface area (Å²) in [6.07, 6.45) is 4.77. The first-order valence-corrected chi connectivity index (χ1v) is 9.44. The Bertz CT molecular complexity index is 78.6. The zero-order chi connectivity index (χ0) is 9.23. The molecular weight excluding hydrogens is 210 g/mol. The van der Waals surface area contributed by atoms with Gasteiger partial charge >= 0.3 is 82.2 Å². The van der Waals surface area contributed by atoms with E-state index in [9.17, 15) is 0 Å². The molecule has 0 aromatic heterocycles. The Kier molecular flexibility index (Phi) is 10.1. The van der Waals surface area contributed by atoms with Gasteiger partial charge in [0.15, 0.2) is 0 Å². The van der Waals surface area contributed by atoms with Gasteiger partial charge in [-0.2, -0.15) is 0 Å². The summed E-state index contributed by atoms with van der Waals surface area (Å²) in [5, 5.41) is 0. The van der Waals surface area contributed by atoms with Gasteiger partial charge in [-0.05, 0) is 0 Å². The fraction of sp³-hybridized carbons (Fsp3) is 1.00. The molecule has 0 bridgehead atoms. The van der Waals surface area contributed by atoms with Crippen molar-refractivity contribution in [3.05, 3.63) is 0 Å². The molecule has 0 aliphatic heterocycles. The van der Waals surface area contributed by atoms with E-state index in [1.807, 2.05) is 0 Å². The molecule has 0 amide bonds. The van der Waals surface area contributed by atoms with Crippen LogP contribution in [-0.4, -0.2) is 30.2 Å². The van der Waals surface area contributed by atoms with Gasteiger partial charge < -0.3 is 0 Å². The fourth-order valence-electron chi connectivity index (χ4n) is 0.835. The summed E-state index contributed by atoms with van der Waals surface area (Å²) in [5.41, 5.74) is 2.15. The molecule has 72 valence electrons. The van der Waals surface area contributed by atoms with Gasteiger partial charge in [-0.15, -0.1) is 0 Å². The summed E-state index contributed by atoms with van der Waals surface area (Å²) >= 11 is -1.70. The number of hydrogen-bond acceptors (Lipinski definition) is 2. The van der Waals surface area contributed by atoms with Crippen molar-refractivity contribution < 1.29 is 7.06 Å². The fourth-order valence-corrected chi connectivity index (χ4v) is 3.13. The van der Waals surface area contributed by atoms with Crippen molar-refractivity contribution in [1.82, 2.24) is 0 Å². The number of rotatable bonds is 8. The van der Waals surface area contributed by atoms with Crippen LogP contribution in [-0.2, 0) is 7.06 Å². The van der Waals surface area contributed by atoms with Gasteiger partial charge in [-0.25, -0.2) is 0 Å². The molecule has 2 nitrogen and oxygen atoms in total. The molecule has 0 N–H and O–H groups in total. The Morgan fingerprint density at radius 2 is 1.33 bits per heavy atom. The van der Waals surface area contributed by atoms with Gasteiger partial charge in [-0.3, -0.25) is 0 Å². The number of hydrogen-bond donors (Lipinski definition) is 0. The van der Waals surface area contributed by atoms with Gasteiger partial charge in [0.2, 0.25) is 0 Å². The van der Waals surface area contributed by atoms with Gasteiger partial charge in [0.25, 0.3) is 0 Å². The van der Waals surface area contributed by atoms with Gasteiger partial charge in [0.1, 0.15) is 0 Å². The van der Waals surface area contributed by atoms with E-state index in [-0.39, 0.29) is 0 Å². The quantitative estimate of drug-likeness (QED) is 0.472. The van der Waals surface area contributed by atoms with E-state index in [4.69, 9.17) is 7.06 Å². The third kappa shape index (κ3) is 8.65. The molecule has 3 heteroatoms. The summed E-state index contributed by atoms with van der Waals surface area (Å²) in [7, 11) is 0. The van der Waals surface area contributed by atoms with Crippen molar-refractivity contribution in [2.75, 3.05) is 13.2 Å². The molecule has 0 saturated carbocycles. The standard InChI is InChI=1S/2C4H9O.CH3.Ga/c2*1-2-3-4-5;;/h2*2-4H2,1H3;1H3;/q2*-1;;+2. The SMILES string of the molecule is CCCC[O][Ga]([CH3])[O]CCCC. The summed E-state index contributed by atoms with van der Waals surface area (Å²) in [4.78, 5) is 0. The summed E-state index contributed by atoms with van der Waals surface area (Å²) in [6.45, 7) is 6.17. The van der Waals surface area contributed by atoms with Crippen LogP contribution in [0.1, 0.15) is 39.5 Å². The summed E-state index contributed by atoms with van der Waals surface area (Å²) in [5.74, 6) is 0. The third-order valence-electron chi connectivity index (χ3n) is 1.70. The van der Waals surface area contributed by atoms with E-state index in [2.05, 4.69) is 19.3 Å². The first-order chi connectivity index (χ1) is 5.81. The second-order valence-electron chi connectivity index (χ2n) is 3.02. The van der Waals surface area contributed by atoms with E-state index in [0.717, 1.165) is 13.2 Å². The molecule has 0 spiro atoms. The van der Waals surface area contributed by atoms with E-state index in [1.165, 1.54) is 25.7 Å². The molecule has 0 aromatic carbocycles. The Morgan fingerprint density at radius 3 is 1.67 bits per heavy atom. The van der Waals surface area contributed by atoms with Crippen LogP contribution in [0.2, 0.25) is 5.48 Å². The molecule has 0 aromatic rings. The Balaban J connectivity index is 3.04. The third-order valence-corrected chi connectivity index (χ3v) is 4.66. The number of unbranched alkanes of at least 4 members (excludes halogenated alkanes) is 2. The van der Waals surface area contributed by atoms with Crippen molar-refractivity contribution in [3.8, 4) is 0 Å². The van der Waals surface area contributed by atoms with Crippen molar-refractivity contribution in [2.45, 2.75) is 45.0 Å². The minimum absolute atomic E-state index is 0.907. The van der Waals surface area contributed by atoms with Crippen LogP contribution >= 0.6 is 0 Å². The minimum atomic E-state index is -1.70. The van der Waals surface area contributed by atoms with Gasteiger partial charge in [0.05, 0.1) is 0 Å². The average molecular weight is 231 g/mol. The second-order valence-corrected chi connectivity index (χ2v) is 6.80. The average Bonchev–Trinajstić information content (AvgIpc) is 2.06. The molecule has 0 saturated heterocycles. The van der Waals surface area contributed by atoms with Crippen molar-refractivity contribution in [3.63, 3.8) is 0 Å². The first kappa shape index (κ1) is 12.6. The van der Waals surface area contributed by atoms with Gasteiger partial charge in [-0.1, -0.05) is 0 Å². The monoisotopic (exact) mass is 230 g/mol. The molecule has 0 aliphatic rings. The summed E-state index contributed by atoms with van der Waals surface area (Å²) in [6, 6.07) is 0. The maximum atomic E-state index is 5.59. The Hall–Kier alpha value is 0.556. The molecule has 0 heterocycles. The van der Waals surface area contributed by atoms with Crippen molar-refractivity contribution in [2.24, 2.45) is 0 Å². The van der Waals surface area contributed by atoms with E-state index in [1.54, 1.807) is 0 Å². The van der Waals surface area contributed by atoms with Crippen LogP contribution in [0.5, 0.6) is 0 Å². The Labute approximate surface area is 82.5 Å². The molecule has 0 aliphatic carbocycles. The molecule has 12 heavy (non-hydrogen) atoms. The van der Waals surface area contributed by atoms with E-state index in [0.29, 0.717) is 0 Å². The Morgan fingerprint density at radius 1 is 0.917 bits per heavy atom. The van der Waals surface area contributed by atoms with Crippen LogP contribution in [0.4, 0.5) is 0 Å². The topological polar surface area (TPSA) is 18.5 Å². The van der Waals surface area contributed by atoms with Crippen LogP contribution in [0.3, 0.4) is 0 Å². The van der Waals surface area contributed by atoms with Crippen LogP contribution < -0.4 is 0 Å². The first-order valence-electron chi connectivity index (χ1n) is 5.04. The molecular formula is C9H21GaO2. The molecule has 0 radical (unpaired) electrons. The molecule has 0 atom stereocenters. The van der Waals surface area contributed by atoms with Crippen LogP contribution in [0, 0.1) is 0 Å². The van der Waals surface area contributed by atoms with Crippen LogP contribution in [0.25, 0.3) is 0 Å². The second kappa shape index (κ2) is 9.64. The van der Waals surface area contributed by atoms with E-state index >= 15 is 0 Å². The van der Waals surface area contributed by atoms with Crippen molar-refractivity contribution in [1.29, 1.82) is 0 Å². The zero-order valence-corrected chi connectivity index (χ0v) is 11.1. The summed E-state index contributed by atoms with van der Waals surface area (Å²) < 4.78 is 11.2. The predicted octanol–water partition coefficient (Wildman–Crippen LogP) is 2.74. The normalized spacial score (nSPS) is 10.2. The maximum absolute atomic E-state index is 5.59. The van der Waals surface area contributed by atoms with Crippen LogP contribution in [0.15, 0.2) is 0 Å². The molecule has 0 rings (SSSR count). The molecule has 0 unspecified atom stereocenters. The van der Waals surface area contributed by atoms with Gasteiger partial charge in [0, 0.05) is 0 Å². The molecule has 0 fully saturated rings. The van der Waals surface area contributed by atoms with Crippen molar-refractivity contribution >= 4 is 16.9 Å². The zero-order valence-electron chi connectivity index (χ0n) is 8.64. The predicted molar refractivity (Wildman–Crippen MR) is 53.3 cm³/mol.